The molecule has 1 rings (SSSR count). The zero-order valence-corrected chi connectivity index (χ0v) is 15.1. The Balaban J connectivity index is 2.48. The van der Waals surface area contributed by atoms with E-state index in [1.807, 2.05) is 12.2 Å². The summed E-state index contributed by atoms with van der Waals surface area (Å²) in [4.78, 5) is 22.5. The van der Waals surface area contributed by atoms with Crippen molar-refractivity contribution in [3.05, 3.63) is 24.3 Å². The molecule has 0 amide bonds. The van der Waals surface area contributed by atoms with Crippen LogP contribution < -0.4 is 0 Å². The van der Waals surface area contributed by atoms with E-state index in [4.69, 9.17) is 5.11 Å². The SMILES string of the molecule is CCCCC[C@H](O)/C=C/[C@H]1C(=O)CC(O)[C@@H]1C/C=C\CCCC(=O)O. The van der Waals surface area contributed by atoms with Crippen molar-refractivity contribution < 1.29 is 24.9 Å². The third-order valence-corrected chi connectivity index (χ3v) is 4.72. The quantitative estimate of drug-likeness (QED) is 0.370. The average Bonchev–Trinajstić information content (AvgIpc) is 2.82. The molecule has 0 aliphatic heterocycles. The van der Waals surface area contributed by atoms with Crippen molar-refractivity contribution >= 4 is 11.8 Å². The molecule has 1 saturated carbocycles. The molecule has 0 saturated heterocycles. The van der Waals surface area contributed by atoms with E-state index in [2.05, 4.69) is 6.92 Å². The minimum absolute atomic E-state index is 0.0220. The second kappa shape index (κ2) is 12.0. The molecule has 0 aromatic rings. The predicted octanol–water partition coefficient (Wildman–Crippen LogP) is 3.25. The summed E-state index contributed by atoms with van der Waals surface area (Å²) in [5, 5.41) is 28.7. The number of carbonyl (C=O) groups excluding carboxylic acids is 1. The van der Waals surface area contributed by atoms with Crippen molar-refractivity contribution in [1.29, 1.82) is 0 Å². The molecule has 0 heterocycles. The zero-order chi connectivity index (χ0) is 18.7. The number of aliphatic hydroxyl groups is 2. The van der Waals surface area contributed by atoms with Crippen molar-refractivity contribution in [2.24, 2.45) is 11.8 Å². The predicted molar refractivity (Wildman–Crippen MR) is 97.1 cm³/mol. The lowest BCUT2D eigenvalue weighted by atomic mass is 9.90. The monoisotopic (exact) mass is 352 g/mol. The van der Waals surface area contributed by atoms with Gasteiger partial charge in [-0.15, -0.1) is 0 Å². The molecule has 0 radical (unpaired) electrons. The molecule has 1 aliphatic rings. The number of hydrogen-bond acceptors (Lipinski definition) is 4. The average molecular weight is 352 g/mol. The second-order valence-corrected chi connectivity index (χ2v) is 6.87. The minimum atomic E-state index is -0.798. The van der Waals surface area contributed by atoms with Gasteiger partial charge in [0, 0.05) is 24.7 Å². The van der Waals surface area contributed by atoms with Crippen molar-refractivity contribution in [3.63, 3.8) is 0 Å². The van der Waals surface area contributed by atoms with Gasteiger partial charge in [-0.1, -0.05) is 50.5 Å². The fraction of sp³-hybridized carbons (Fsp3) is 0.700. The Hall–Kier alpha value is -1.46. The van der Waals surface area contributed by atoms with Crippen molar-refractivity contribution in [1.82, 2.24) is 0 Å². The van der Waals surface area contributed by atoms with Gasteiger partial charge >= 0.3 is 5.97 Å². The second-order valence-electron chi connectivity index (χ2n) is 6.87. The molecule has 1 aliphatic carbocycles. The molecule has 25 heavy (non-hydrogen) atoms. The molecular weight excluding hydrogens is 320 g/mol. The highest BCUT2D eigenvalue weighted by Gasteiger charge is 2.39. The van der Waals surface area contributed by atoms with Crippen LogP contribution in [0.3, 0.4) is 0 Å². The maximum Gasteiger partial charge on any atom is 0.303 e. The molecule has 1 unspecified atom stereocenters. The Labute approximate surface area is 150 Å². The third kappa shape index (κ3) is 8.45. The van der Waals surface area contributed by atoms with Crippen LogP contribution in [0.4, 0.5) is 0 Å². The number of ketones is 1. The Kier molecular flexibility index (Phi) is 10.3. The molecule has 0 spiro atoms. The van der Waals surface area contributed by atoms with Gasteiger partial charge in [0.15, 0.2) is 0 Å². The summed E-state index contributed by atoms with van der Waals surface area (Å²) in [6.45, 7) is 2.11. The molecule has 0 aromatic carbocycles. The zero-order valence-electron chi connectivity index (χ0n) is 15.1. The number of hydrogen-bond donors (Lipinski definition) is 3. The molecule has 3 N–H and O–H groups in total. The lowest BCUT2D eigenvalue weighted by Gasteiger charge is -2.17. The summed E-state index contributed by atoms with van der Waals surface area (Å²) in [5.41, 5.74) is 0. The van der Waals surface area contributed by atoms with E-state index in [9.17, 15) is 19.8 Å². The van der Waals surface area contributed by atoms with Crippen LogP contribution in [0.1, 0.15) is 64.7 Å². The third-order valence-electron chi connectivity index (χ3n) is 4.72. The highest BCUT2D eigenvalue weighted by atomic mass is 16.4. The summed E-state index contributed by atoms with van der Waals surface area (Å²) in [6, 6.07) is 0. The minimum Gasteiger partial charge on any atom is -0.481 e. The maximum absolute atomic E-state index is 12.1. The van der Waals surface area contributed by atoms with Gasteiger partial charge in [-0.05, 0) is 25.7 Å². The van der Waals surface area contributed by atoms with Gasteiger partial charge in [0.25, 0.3) is 0 Å². The van der Waals surface area contributed by atoms with Gasteiger partial charge in [0.2, 0.25) is 0 Å². The van der Waals surface area contributed by atoms with E-state index in [1.165, 1.54) is 0 Å². The Morgan fingerprint density at radius 1 is 1.28 bits per heavy atom. The van der Waals surface area contributed by atoms with Gasteiger partial charge in [0.1, 0.15) is 5.78 Å². The lowest BCUT2D eigenvalue weighted by molar-refractivity contribution is -0.137. The van der Waals surface area contributed by atoms with Gasteiger partial charge < -0.3 is 15.3 Å². The molecule has 0 bridgehead atoms. The maximum atomic E-state index is 12.1. The van der Waals surface area contributed by atoms with Crippen molar-refractivity contribution in [2.75, 3.05) is 0 Å². The number of Topliss-reactive ketones (excluding diaryl/α,β-unsaturated/α-hetero) is 1. The van der Waals surface area contributed by atoms with Crippen LogP contribution in [0.5, 0.6) is 0 Å². The Bertz CT molecular complexity index is 469. The number of rotatable bonds is 12. The molecule has 4 atom stereocenters. The number of carbonyl (C=O) groups is 2. The summed E-state index contributed by atoms with van der Waals surface area (Å²) in [7, 11) is 0. The highest BCUT2D eigenvalue weighted by molar-refractivity contribution is 5.86. The molecule has 142 valence electrons. The first-order chi connectivity index (χ1) is 12.0. The van der Waals surface area contributed by atoms with Gasteiger partial charge in [0.05, 0.1) is 12.2 Å². The summed E-state index contributed by atoms with van der Waals surface area (Å²) >= 11 is 0. The highest BCUT2D eigenvalue weighted by Crippen LogP contribution is 2.33. The molecule has 0 aromatic heterocycles. The normalized spacial score (nSPS) is 25.2. The fourth-order valence-electron chi connectivity index (χ4n) is 3.22. The Morgan fingerprint density at radius 3 is 2.72 bits per heavy atom. The van der Waals surface area contributed by atoms with Crippen molar-refractivity contribution in [3.8, 4) is 0 Å². The first kappa shape index (κ1) is 21.6. The number of aliphatic carboxylic acids is 1. The smallest absolute Gasteiger partial charge is 0.303 e. The van der Waals surface area contributed by atoms with E-state index in [0.717, 1.165) is 19.3 Å². The van der Waals surface area contributed by atoms with Crippen LogP contribution in [-0.4, -0.2) is 39.3 Å². The molecule has 5 nitrogen and oxygen atoms in total. The van der Waals surface area contributed by atoms with E-state index in [-0.39, 0.29) is 30.5 Å². The largest absolute Gasteiger partial charge is 0.481 e. The lowest BCUT2D eigenvalue weighted by Crippen LogP contribution is -2.19. The summed E-state index contributed by atoms with van der Waals surface area (Å²) in [5.74, 6) is -1.29. The Morgan fingerprint density at radius 2 is 2.04 bits per heavy atom. The van der Waals surface area contributed by atoms with Crippen molar-refractivity contribution in [2.45, 2.75) is 76.9 Å². The standard InChI is InChI=1S/C20H32O5/c1-2-3-6-9-15(21)12-13-17-16(18(22)14-19(17)23)10-7-4-5-8-11-20(24)25/h4,7,12-13,15-18,21-22H,2-3,5-6,8-11,14H2,1H3,(H,24,25)/b7-4-,13-12+/t15-,16+,17+,18?/m0/s1. The molecular formula is C20H32O5. The van der Waals surface area contributed by atoms with Gasteiger partial charge in [-0.25, -0.2) is 0 Å². The fourth-order valence-corrected chi connectivity index (χ4v) is 3.22. The molecule has 5 heteroatoms. The van der Waals surface area contributed by atoms with Crippen LogP contribution in [0.15, 0.2) is 24.3 Å². The van der Waals surface area contributed by atoms with E-state index in [0.29, 0.717) is 25.7 Å². The van der Waals surface area contributed by atoms with E-state index < -0.39 is 18.2 Å². The number of allylic oxidation sites excluding steroid dienone is 3. The summed E-state index contributed by atoms with van der Waals surface area (Å²) < 4.78 is 0. The number of aliphatic hydroxyl groups excluding tert-OH is 2. The van der Waals surface area contributed by atoms with E-state index >= 15 is 0 Å². The van der Waals surface area contributed by atoms with Crippen LogP contribution >= 0.6 is 0 Å². The van der Waals surface area contributed by atoms with Crippen LogP contribution in [0, 0.1) is 11.8 Å². The number of carboxylic acids is 1. The van der Waals surface area contributed by atoms with Gasteiger partial charge in [-0.3, -0.25) is 9.59 Å². The molecule has 1 fully saturated rings. The first-order valence-corrected chi connectivity index (χ1v) is 9.39. The summed E-state index contributed by atoms with van der Waals surface area (Å²) in [6.07, 6.45) is 12.1. The number of carboxylic acid groups (broad SMARTS) is 1. The van der Waals surface area contributed by atoms with Crippen LogP contribution in [-0.2, 0) is 9.59 Å². The topological polar surface area (TPSA) is 94.8 Å². The first-order valence-electron chi connectivity index (χ1n) is 9.39. The number of unbranched alkanes of at least 4 members (excludes halogenated alkanes) is 3. The van der Waals surface area contributed by atoms with Gasteiger partial charge in [-0.2, -0.15) is 0 Å². The van der Waals surface area contributed by atoms with E-state index in [1.54, 1.807) is 12.2 Å². The van der Waals surface area contributed by atoms with Crippen LogP contribution in [0.25, 0.3) is 0 Å². The van der Waals surface area contributed by atoms with Crippen LogP contribution in [0.2, 0.25) is 0 Å².